The van der Waals surface area contributed by atoms with Crippen LogP contribution < -0.4 is 4.72 Å². The van der Waals surface area contributed by atoms with Gasteiger partial charge in [0, 0.05) is 12.6 Å². The van der Waals surface area contributed by atoms with Gasteiger partial charge in [-0.2, -0.15) is 0 Å². The van der Waals surface area contributed by atoms with Gasteiger partial charge in [-0.05, 0) is 31.1 Å². The minimum atomic E-state index is -3.20. The van der Waals surface area contributed by atoms with Gasteiger partial charge in [0.1, 0.15) is 0 Å². The van der Waals surface area contributed by atoms with Crippen molar-refractivity contribution in [3.63, 3.8) is 0 Å². The largest absolute Gasteiger partial charge is 0.396 e. The highest BCUT2D eigenvalue weighted by atomic mass is 32.2. The molecule has 0 spiro atoms. The summed E-state index contributed by atoms with van der Waals surface area (Å²) in [6.45, 7) is 4.21. The van der Waals surface area contributed by atoms with E-state index >= 15 is 0 Å². The van der Waals surface area contributed by atoms with Gasteiger partial charge >= 0.3 is 0 Å². The lowest BCUT2D eigenvalue weighted by atomic mass is 9.94. The lowest BCUT2D eigenvalue weighted by Gasteiger charge is -2.20. The topological polar surface area (TPSA) is 66.4 Å². The van der Waals surface area contributed by atoms with Crippen LogP contribution in [0.3, 0.4) is 0 Å². The van der Waals surface area contributed by atoms with Crippen LogP contribution in [0.15, 0.2) is 0 Å². The summed E-state index contributed by atoms with van der Waals surface area (Å²) < 4.78 is 26.1. The maximum atomic E-state index is 11.7. The third-order valence-electron chi connectivity index (χ3n) is 3.65. The number of nitrogens with one attached hydrogen (secondary N) is 1. The molecular formula is C11H23NO3S. The predicted molar refractivity (Wildman–Crippen MR) is 64.6 cm³/mol. The van der Waals surface area contributed by atoms with Crippen molar-refractivity contribution < 1.29 is 13.5 Å². The fourth-order valence-corrected chi connectivity index (χ4v) is 3.96. The van der Waals surface area contributed by atoms with E-state index in [1.165, 1.54) is 0 Å². The van der Waals surface area contributed by atoms with Gasteiger partial charge in [0.05, 0.1) is 5.75 Å². The Morgan fingerprint density at radius 2 is 2.06 bits per heavy atom. The van der Waals surface area contributed by atoms with E-state index in [1.54, 1.807) is 0 Å². The van der Waals surface area contributed by atoms with Crippen LogP contribution in [0.5, 0.6) is 0 Å². The zero-order valence-corrected chi connectivity index (χ0v) is 11.0. The molecule has 1 saturated carbocycles. The third-order valence-corrected chi connectivity index (χ3v) is 5.14. The molecule has 3 unspecified atom stereocenters. The van der Waals surface area contributed by atoms with Gasteiger partial charge in [-0.1, -0.05) is 20.3 Å². The van der Waals surface area contributed by atoms with Crippen LogP contribution in [0.1, 0.15) is 39.5 Å². The molecule has 0 aliphatic heterocycles. The van der Waals surface area contributed by atoms with E-state index < -0.39 is 10.0 Å². The van der Waals surface area contributed by atoms with Gasteiger partial charge in [-0.25, -0.2) is 13.1 Å². The Hall–Kier alpha value is -0.130. The van der Waals surface area contributed by atoms with Crippen LogP contribution in [0.25, 0.3) is 0 Å². The first-order valence-electron chi connectivity index (χ1n) is 6.11. The van der Waals surface area contributed by atoms with Crippen LogP contribution in [-0.2, 0) is 10.0 Å². The van der Waals surface area contributed by atoms with E-state index in [0.29, 0.717) is 18.3 Å². The van der Waals surface area contributed by atoms with Gasteiger partial charge in [0.2, 0.25) is 10.0 Å². The molecule has 0 aromatic carbocycles. The third kappa shape index (κ3) is 3.71. The van der Waals surface area contributed by atoms with Gasteiger partial charge in [0.15, 0.2) is 0 Å². The summed E-state index contributed by atoms with van der Waals surface area (Å²) in [7, 11) is -3.20. The van der Waals surface area contributed by atoms with Gasteiger partial charge in [-0.3, -0.25) is 0 Å². The summed E-state index contributed by atoms with van der Waals surface area (Å²) in [5, 5.41) is 8.63. The highest BCUT2D eigenvalue weighted by Gasteiger charge is 2.33. The Balaban J connectivity index is 2.49. The Labute approximate surface area is 98.5 Å². The van der Waals surface area contributed by atoms with Crippen LogP contribution in [0, 0.1) is 11.8 Å². The van der Waals surface area contributed by atoms with Crippen molar-refractivity contribution in [1.82, 2.24) is 4.72 Å². The zero-order valence-electron chi connectivity index (χ0n) is 10.1. The summed E-state index contributed by atoms with van der Waals surface area (Å²) in [6.07, 6.45) is 3.49. The molecule has 16 heavy (non-hydrogen) atoms. The van der Waals surface area contributed by atoms with Crippen molar-refractivity contribution in [2.45, 2.75) is 45.6 Å². The summed E-state index contributed by atoms with van der Waals surface area (Å²) in [4.78, 5) is 0. The molecule has 1 fully saturated rings. The molecule has 0 heterocycles. The standard InChI is InChI=1S/C11H23NO3S/c1-3-10-5-6-11(9(10)2)12-16(14,15)8-4-7-13/h9-13H,3-8H2,1-2H3. The van der Waals surface area contributed by atoms with Gasteiger partial charge in [0.25, 0.3) is 0 Å². The number of hydrogen-bond acceptors (Lipinski definition) is 3. The van der Waals surface area contributed by atoms with Gasteiger partial charge in [-0.15, -0.1) is 0 Å². The summed E-state index contributed by atoms with van der Waals surface area (Å²) in [6, 6.07) is 0.0913. The smallest absolute Gasteiger partial charge is 0.211 e. The minimum absolute atomic E-state index is 0.0313. The Kier molecular flexibility index (Phi) is 5.21. The molecule has 96 valence electrons. The van der Waals surface area contributed by atoms with Crippen LogP contribution >= 0.6 is 0 Å². The Bertz CT molecular complexity index is 302. The van der Waals surface area contributed by atoms with Crippen LogP contribution in [0.2, 0.25) is 0 Å². The molecule has 1 aliphatic carbocycles. The van der Waals surface area contributed by atoms with E-state index in [0.717, 1.165) is 19.3 Å². The number of sulfonamides is 1. The van der Waals surface area contributed by atoms with Crippen molar-refractivity contribution in [2.24, 2.45) is 11.8 Å². The molecule has 3 atom stereocenters. The summed E-state index contributed by atoms with van der Waals surface area (Å²) in [5.41, 5.74) is 0. The number of hydrogen-bond donors (Lipinski definition) is 2. The highest BCUT2D eigenvalue weighted by molar-refractivity contribution is 7.89. The second-order valence-electron chi connectivity index (χ2n) is 4.73. The number of aliphatic hydroxyl groups is 1. The molecule has 1 aliphatic rings. The minimum Gasteiger partial charge on any atom is -0.396 e. The van der Waals surface area contributed by atoms with Crippen molar-refractivity contribution >= 4 is 10.0 Å². The van der Waals surface area contributed by atoms with Crippen molar-refractivity contribution in [2.75, 3.05) is 12.4 Å². The van der Waals surface area contributed by atoms with Gasteiger partial charge < -0.3 is 5.11 Å². The number of rotatable bonds is 6. The zero-order chi connectivity index (χ0) is 12.2. The first-order valence-corrected chi connectivity index (χ1v) is 7.76. The quantitative estimate of drug-likeness (QED) is 0.741. The van der Waals surface area contributed by atoms with Crippen molar-refractivity contribution in [3.8, 4) is 0 Å². The molecule has 0 aromatic rings. The fraction of sp³-hybridized carbons (Fsp3) is 1.00. The van der Waals surface area contributed by atoms with Crippen molar-refractivity contribution in [3.05, 3.63) is 0 Å². The van der Waals surface area contributed by atoms with Crippen LogP contribution in [-0.4, -0.2) is 31.9 Å². The first-order chi connectivity index (χ1) is 7.50. The molecule has 5 heteroatoms. The molecular weight excluding hydrogens is 226 g/mol. The number of aliphatic hydroxyl groups excluding tert-OH is 1. The van der Waals surface area contributed by atoms with E-state index in [-0.39, 0.29) is 18.4 Å². The second kappa shape index (κ2) is 5.98. The average molecular weight is 249 g/mol. The monoisotopic (exact) mass is 249 g/mol. The van der Waals surface area contributed by atoms with E-state index in [1.807, 2.05) is 0 Å². The molecule has 0 saturated heterocycles. The second-order valence-corrected chi connectivity index (χ2v) is 6.60. The maximum absolute atomic E-state index is 11.7. The van der Waals surface area contributed by atoms with E-state index in [4.69, 9.17) is 5.11 Å². The van der Waals surface area contributed by atoms with Crippen LogP contribution in [0.4, 0.5) is 0 Å². The first kappa shape index (κ1) is 13.9. The average Bonchev–Trinajstić information content (AvgIpc) is 2.57. The van der Waals surface area contributed by atoms with E-state index in [2.05, 4.69) is 18.6 Å². The fourth-order valence-electron chi connectivity index (χ4n) is 2.53. The Morgan fingerprint density at radius 3 is 2.56 bits per heavy atom. The maximum Gasteiger partial charge on any atom is 0.211 e. The van der Waals surface area contributed by atoms with Crippen molar-refractivity contribution in [1.29, 1.82) is 0 Å². The molecule has 0 amide bonds. The lowest BCUT2D eigenvalue weighted by molar-refractivity contribution is 0.295. The molecule has 0 aromatic heterocycles. The summed E-state index contributed by atoms with van der Waals surface area (Å²) >= 11 is 0. The van der Waals surface area contributed by atoms with E-state index in [9.17, 15) is 8.42 Å². The highest BCUT2D eigenvalue weighted by Crippen LogP contribution is 2.34. The predicted octanol–water partition coefficient (Wildman–Crippen LogP) is 1.11. The lowest BCUT2D eigenvalue weighted by Crippen LogP contribution is -2.38. The SMILES string of the molecule is CCC1CCC(NS(=O)(=O)CCCO)C1C. The molecule has 4 nitrogen and oxygen atoms in total. The normalized spacial score (nSPS) is 30.8. The molecule has 0 bridgehead atoms. The molecule has 1 rings (SSSR count). The molecule has 2 N–H and O–H groups in total. The summed E-state index contributed by atoms with van der Waals surface area (Å²) in [5.74, 6) is 1.10. The molecule has 0 radical (unpaired) electrons. The Morgan fingerprint density at radius 1 is 1.38 bits per heavy atom.